The molecule has 1 N–H and O–H groups in total. The standard InChI is InChI=1S/C16H15F2NO/c17-15-8-7-14(9-16(15)18)20-13-5-1-11(2-6-13)10-19-12-3-4-12/h1-2,5-9,12,19H,3-4,10H2. The summed E-state index contributed by atoms with van der Waals surface area (Å²) >= 11 is 0. The predicted octanol–water partition coefficient (Wildman–Crippen LogP) is 4.01. The number of benzene rings is 2. The summed E-state index contributed by atoms with van der Waals surface area (Å²) in [6, 6.07) is 11.7. The Balaban J connectivity index is 1.62. The highest BCUT2D eigenvalue weighted by Gasteiger charge is 2.19. The summed E-state index contributed by atoms with van der Waals surface area (Å²) in [5, 5.41) is 3.42. The van der Waals surface area contributed by atoms with Gasteiger partial charge in [0.05, 0.1) is 0 Å². The molecule has 0 spiro atoms. The topological polar surface area (TPSA) is 21.3 Å². The van der Waals surface area contributed by atoms with Gasteiger partial charge >= 0.3 is 0 Å². The molecule has 0 heterocycles. The number of ether oxygens (including phenoxy) is 1. The fourth-order valence-corrected chi connectivity index (χ4v) is 1.90. The van der Waals surface area contributed by atoms with E-state index in [0.29, 0.717) is 11.8 Å². The number of rotatable bonds is 5. The molecule has 0 bridgehead atoms. The molecule has 0 aliphatic heterocycles. The fourth-order valence-electron chi connectivity index (χ4n) is 1.90. The zero-order valence-corrected chi connectivity index (χ0v) is 10.9. The molecule has 104 valence electrons. The Morgan fingerprint density at radius 1 is 0.950 bits per heavy atom. The summed E-state index contributed by atoms with van der Waals surface area (Å²) in [4.78, 5) is 0. The van der Waals surface area contributed by atoms with Gasteiger partial charge in [-0.25, -0.2) is 8.78 Å². The number of halogens is 2. The first-order valence-corrected chi connectivity index (χ1v) is 6.66. The third kappa shape index (κ3) is 3.33. The van der Waals surface area contributed by atoms with Crippen LogP contribution in [0.3, 0.4) is 0 Å². The lowest BCUT2D eigenvalue weighted by Crippen LogP contribution is -2.14. The molecule has 0 aromatic heterocycles. The normalized spacial score (nSPS) is 14.3. The lowest BCUT2D eigenvalue weighted by molar-refractivity contribution is 0.461. The monoisotopic (exact) mass is 275 g/mol. The van der Waals surface area contributed by atoms with E-state index >= 15 is 0 Å². The highest BCUT2D eigenvalue weighted by molar-refractivity contribution is 5.33. The Hall–Kier alpha value is -1.94. The smallest absolute Gasteiger partial charge is 0.162 e. The Morgan fingerprint density at radius 3 is 2.30 bits per heavy atom. The third-order valence-electron chi connectivity index (χ3n) is 3.22. The third-order valence-corrected chi connectivity index (χ3v) is 3.22. The molecular weight excluding hydrogens is 260 g/mol. The van der Waals surface area contributed by atoms with Crippen molar-refractivity contribution in [2.24, 2.45) is 0 Å². The average Bonchev–Trinajstić information content (AvgIpc) is 3.26. The Bertz CT molecular complexity index is 594. The van der Waals surface area contributed by atoms with Gasteiger partial charge in [0.1, 0.15) is 11.5 Å². The van der Waals surface area contributed by atoms with Gasteiger partial charge in [0.2, 0.25) is 0 Å². The molecule has 0 radical (unpaired) electrons. The number of nitrogens with one attached hydrogen (secondary N) is 1. The van der Waals surface area contributed by atoms with E-state index in [2.05, 4.69) is 5.32 Å². The second kappa shape index (κ2) is 5.59. The van der Waals surface area contributed by atoms with Gasteiger partial charge in [-0.1, -0.05) is 12.1 Å². The quantitative estimate of drug-likeness (QED) is 0.890. The Morgan fingerprint density at radius 2 is 1.65 bits per heavy atom. The molecule has 0 atom stereocenters. The first-order chi connectivity index (χ1) is 9.70. The van der Waals surface area contributed by atoms with Gasteiger partial charge in [-0.3, -0.25) is 0 Å². The van der Waals surface area contributed by atoms with Crippen molar-refractivity contribution in [2.45, 2.75) is 25.4 Å². The van der Waals surface area contributed by atoms with Crippen LogP contribution >= 0.6 is 0 Å². The van der Waals surface area contributed by atoms with Crippen molar-refractivity contribution in [3.63, 3.8) is 0 Å². The van der Waals surface area contributed by atoms with E-state index < -0.39 is 11.6 Å². The lowest BCUT2D eigenvalue weighted by Gasteiger charge is -2.07. The molecule has 1 saturated carbocycles. The van der Waals surface area contributed by atoms with Gasteiger partial charge < -0.3 is 10.1 Å². The minimum absolute atomic E-state index is 0.285. The maximum atomic E-state index is 13.1. The van der Waals surface area contributed by atoms with Gasteiger partial charge in [0.15, 0.2) is 11.6 Å². The lowest BCUT2D eigenvalue weighted by atomic mass is 10.2. The molecule has 3 rings (SSSR count). The zero-order chi connectivity index (χ0) is 13.9. The van der Waals surface area contributed by atoms with E-state index in [0.717, 1.165) is 18.7 Å². The first kappa shape index (κ1) is 13.1. The van der Waals surface area contributed by atoms with E-state index in [1.807, 2.05) is 24.3 Å². The van der Waals surface area contributed by atoms with Crippen LogP contribution in [0, 0.1) is 11.6 Å². The molecule has 20 heavy (non-hydrogen) atoms. The van der Waals surface area contributed by atoms with Crippen molar-refractivity contribution >= 4 is 0 Å². The average molecular weight is 275 g/mol. The van der Waals surface area contributed by atoms with E-state index in [1.54, 1.807) is 0 Å². The Kier molecular flexibility index (Phi) is 3.65. The van der Waals surface area contributed by atoms with Crippen molar-refractivity contribution in [2.75, 3.05) is 0 Å². The number of hydrogen-bond donors (Lipinski definition) is 1. The van der Waals surface area contributed by atoms with Crippen LogP contribution in [0.5, 0.6) is 11.5 Å². The second-order valence-electron chi connectivity index (χ2n) is 4.98. The molecule has 0 unspecified atom stereocenters. The molecule has 1 aliphatic carbocycles. The molecule has 1 aliphatic rings. The molecule has 4 heteroatoms. The molecule has 0 saturated heterocycles. The molecule has 2 aromatic carbocycles. The summed E-state index contributed by atoms with van der Waals surface area (Å²) in [5.74, 6) is -0.898. The van der Waals surface area contributed by atoms with E-state index in [1.165, 1.54) is 24.5 Å². The van der Waals surface area contributed by atoms with Crippen LogP contribution in [0.25, 0.3) is 0 Å². The largest absolute Gasteiger partial charge is 0.457 e. The highest BCUT2D eigenvalue weighted by Crippen LogP contribution is 2.24. The fraction of sp³-hybridized carbons (Fsp3) is 0.250. The maximum absolute atomic E-state index is 13.1. The van der Waals surface area contributed by atoms with Crippen molar-refractivity contribution in [1.82, 2.24) is 5.32 Å². The number of hydrogen-bond acceptors (Lipinski definition) is 2. The van der Waals surface area contributed by atoms with Crippen molar-refractivity contribution in [1.29, 1.82) is 0 Å². The Labute approximate surface area is 116 Å². The first-order valence-electron chi connectivity index (χ1n) is 6.66. The SMILES string of the molecule is Fc1ccc(Oc2ccc(CNC3CC3)cc2)cc1F. The minimum atomic E-state index is -0.909. The van der Waals surface area contributed by atoms with Gasteiger partial charge in [0.25, 0.3) is 0 Å². The van der Waals surface area contributed by atoms with Crippen LogP contribution < -0.4 is 10.1 Å². The van der Waals surface area contributed by atoms with Crippen molar-refractivity contribution in [3.05, 3.63) is 59.7 Å². The van der Waals surface area contributed by atoms with Crippen molar-refractivity contribution < 1.29 is 13.5 Å². The summed E-state index contributed by atoms with van der Waals surface area (Å²) in [6.07, 6.45) is 2.52. The van der Waals surface area contributed by atoms with Gasteiger partial charge in [-0.15, -0.1) is 0 Å². The molecular formula is C16H15F2NO. The molecule has 2 aromatic rings. The van der Waals surface area contributed by atoms with E-state index in [-0.39, 0.29) is 5.75 Å². The van der Waals surface area contributed by atoms with Gasteiger partial charge in [0, 0.05) is 18.7 Å². The minimum Gasteiger partial charge on any atom is -0.457 e. The highest BCUT2D eigenvalue weighted by atomic mass is 19.2. The van der Waals surface area contributed by atoms with Crippen LogP contribution in [-0.4, -0.2) is 6.04 Å². The van der Waals surface area contributed by atoms with Gasteiger partial charge in [-0.2, -0.15) is 0 Å². The predicted molar refractivity (Wildman–Crippen MR) is 72.7 cm³/mol. The van der Waals surface area contributed by atoms with E-state index in [9.17, 15) is 8.78 Å². The summed E-state index contributed by atoms with van der Waals surface area (Å²) < 4.78 is 31.4. The summed E-state index contributed by atoms with van der Waals surface area (Å²) in [7, 11) is 0. The van der Waals surface area contributed by atoms with Crippen LogP contribution in [-0.2, 0) is 6.54 Å². The zero-order valence-electron chi connectivity index (χ0n) is 10.9. The molecule has 0 amide bonds. The molecule has 2 nitrogen and oxygen atoms in total. The van der Waals surface area contributed by atoms with Gasteiger partial charge in [-0.05, 0) is 42.7 Å². The summed E-state index contributed by atoms with van der Waals surface area (Å²) in [6.45, 7) is 0.843. The van der Waals surface area contributed by atoms with Crippen LogP contribution in [0.4, 0.5) is 8.78 Å². The maximum Gasteiger partial charge on any atom is 0.162 e. The van der Waals surface area contributed by atoms with E-state index in [4.69, 9.17) is 4.74 Å². The molecule has 1 fully saturated rings. The van der Waals surface area contributed by atoms with Crippen LogP contribution in [0.2, 0.25) is 0 Å². The van der Waals surface area contributed by atoms with Crippen LogP contribution in [0.15, 0.2) is 42.5 Å². The van der Waals surface area contributed by atoms with Crippen molar-refractivity contribution in [3.8, 4) is 11.5 Å². The summed E-state index contributed by atoms with van der Waals surface area (Å²) in [5.41, 5.74) is 1.18. The second-order valence-corrected chi connectivity index (χ2v) is 4.98. The van der Waals surface area contributed by atoms with Crippen LogP contribution in [0.1, 0.15) is 18.4 Å².